The summed E-state index contributed by atoms with van der Waals surface area (Å²) in [6.45, 7) is 2.00. The number of nitrogens with zero attached hydrogens (tertiary/aromatic N) is 3. The first-order valence-electron chi connectivity index (χ1n) is 9.08. The Morgan fingerprint density at radius 2 is 1.79 bits per heavy atom. The summed E-state index contributed by atoms with van der Waals surface area (Å²) in [7, 11) is 3.72. The van der Waals surface area contributed by atoms with Gasteiger partial charge in [0.1, 0.15) is 5.82 Å². The van der Waals surface area contributed by atoms with Crippen molar-refractivity contribution < 1.29 is 9.90 Å². The highest BCUT2D eigenvalue weighted by Gasteiger charge is 2.27. The Hall–Kier alpha value is -3.38. The number of anilines is 5. The van der Waals surface area contributed by atoms with E-state index < -0.39 is 0 Å². The number of aliphatic hydroxyl groups excluding tert-OH is 1. The Labute approximate surface area is 164 Å². The van der Waals surface area contributed by atoms with E-state index in [1.165, 1.54) is 0 Å². The lowest BCUT2D eigenvalue weighted by Crippen LogP contribution is -2.25. The van der Waals surface area contributed by atoms with Crippen LogP contribution in [0.15, 0.2) is 54.7 Å². The number of rotatable bonds is 3. The van der Waals surface area contributed by atoms with Crippen molar-refractivity contribution >= 4 is 34.5 Å². The summed E-state index contributed by atoms with van der Waals surface area (Å²) in [6.07, 6.45) is 1.72. The minimum Gasteiger partial charge on any atom is -0.392 e. The molecule has 2 aromatic carbocycles. The van der Waals surface area contributed by atoms with Gasteiger partial charge in [0.15, 0.2) is 0 Å². The minimum absolute atomic E-state index is 0.0166. The third kappa shape index (κ3) is 2.97. The Morgan fingerprint density at radius 1 is 1.00 bits per heavy atom. The van der Waals surface area contributed by atoms with Crippen LogP contribution in [-0.4, -0.2) is 30.1 Å². The summed E-state index contributed by atoms with van der Waals surface area (Å²) in [5.41, 5.74) is 5.98. The lowest BCUT2D eigenvalue weighted by molar-refractivity contribution is 0.0994. The van der Waals surface area contributed by atoms with Crippen molar-refractivity contribution in [2.24, 2.45) is 0 Å². The smallest absolute Gasteiger partial charge is 0.260 e. The Morgan fingerprint density at radius 3 is 2.54 bits per heavy atom. The van der Waals surface area contributed by atoms with Crippen molar-refractivity contribution in [3.8, 4) is 0 Å². The van der Waals surface area contributed by atoms with Gasteiger partial charge in [0.05, 0.1) is 35.4 Å². The maximum atomic E-state index is 12.9. The molecule has 0 aliphatic carbocycles. The molecule has 6 nitrogen and oxygen atoms in total. The summed E-state index contributed by atoms with van der Waals surface area (Å²) in [6, 6.07) is 15.3. The highest BCUT2D eigenvalue weighted by atomic mass is 16.3. The third-order valence-electron chi connectivity index (χ3n) is 5.12. The molecule has 1 aromatic heterocycles. The number of hydrogen-bond donors (Lipinski definition) is 2. The average Bonchev–Trinajstić information content (AvgIpc) is 2.80. The number of aromatic nitrogens is 1. The Kier molecular flexibility index (Phi) is 4.49. The van der Waals surface area contributed by atoms with E-state index in [2.05, 4.69) is 10.3 Å². The zero-order valence-electron chi connectivity index (χ0n) is 16.1. The second-order valence-corrected chi connectivity index (χ2v) is 6.93. The molecular weight excluding hydrogens is 352 g/mol. The Bertz CT molecular complexity index is 1060. The minimum atomic E-state index is -0.0563. The van der Waals surface area contributed by atoms with Crippen LogP contribution in [0.25, 0.3) is 0 Å². The number of aliphatic hydroxyl groups is 1. The molecule has 1 amide bonds. The maximum Gasteiger partial charge on any atom is 0.260 e. The van der Waals surface area contributed by atoms with E-state index >= 15 is 0 Å². The summed E-state index contributed by atoms with van der Waals surface area (Å²) in [5, 5.41) is 12.6. The monoisotopic (exact) mass is 374 g/mol. The van der Waals surface area contributed by atoms with Crippen molar-refractivity contribution in [3.63, 3.8) is 0 Å². The molecule has 6 heteroatoms. The molecule has 0 radical (unpaired) electrons. The third-order valence-corrected chi connectivity index (χ3v) is 5.12. The molecule has 28 heavy (non-hydrogen) atoms. The van der Waals surface area contributed by atoms with E-state index in [1.807, 2.05) is 67.4 Å². The molecule has 0 saturated carbocycles. The van der Waals surface area contributed by atoms with E-state index in [0.29, 0.717) is 11.4 Å². The molecule has 0 unspecified atom stereocenters. The van der Waals surface area contributed by atoms with Crippen molar-refractivity contribution in [2.75, 3.05) is 29.2 Å². The SMILES string of the molecule is Cc1cc(CO)ccc1Nc1cc2c(cn1)N(C)C(=O)c1ccccc1N2C. The predicted molar refractivity (Wildman–Crippen MR) is 112 cm³/mol. The van der Waals surface area contributed by atoms with Crippen LogP contribution in [0.4, 0.5) is 28.6 Å². The molecule has 0 fully saturated rings. The van der Waals surface area contributed by atoms with Gasteiger partial charge in [0.25, 0.3) is 5.91 Å². The molecule has 2 heterocycles. The van der Waals surface area contributed by atoms with Crippen molar-refractivity contribution in [1.82, 2.24) is 4.98 Å². The lowest BCUT2D eigenvalue weighted by atomic mass is 10.1. The normalized spacial score (nSPS) is 13.1. The molecular formula is C22H22N4O2. The molecule has 1 aliphatic heterocycles. The number of hydrogen-bond acceptors (Lipinski definition) is 5. The van der Waals surface area contributed by atoms with Crippen molar-refractivity contribution in [1.29, 1.82) is 0 Å². The number of para-hydroxylation sites is 1. The molecule has 2 N–H and O–H groups in total. The Balaban J connectivity index is 1.75. The fraction of sp³-hybridized carbons (Fsp3) is 0.182. The van der Waals surface area contributed by atoms with Gasteiger partial charge in [-0.3, -0.25) is 4.79 Å². The van der Waals surface area contributed by atoms with E-state index in [9.17, 15) is 9.90 Å². The van der Waals surface area contributed by atoms with Crippen LogP contribution in [0.2, 0.25) is 0 Å². The molecule has 0 bridgehead atoms. The van der Waals surface area contributed by atoms with E-state index in [-0.39, 0.29) is 12.5 Å². The highest BCUT2D eigenvalue weighted by Crippen LogP contribution is 2.40. The number of pyridine rings is 1. The van der Waals surface area contributed by atoms with Gasteiger partial charge in [-0.05, 0) is 36.2 Å². The first-order chi connectivity index (χ1) is 13.5. The molecule has 0 spiro atoms. The van der Waals surface area contributed by atoms with Gasteiger partial charge in [-0.2, -0.15) is 0 Å². The number of nitrogens with one attached hydrogen (secondary N) is 1. The van der Waals surface area contributed by atoms with Gasteiger partial charge in [0, 0.05) is 25.8 Å². The van der Waals surface area contributed by atoms with Gasteiger partial charge in [-0.1, -0.05) is 24.3 Å². The predicted octanol–water partition coefficient (Wildman–Crippen LogP) is 3.98. The van der Waals surface area contributed by atoms with E-state index in [1.54, 1.807) is 18.1 Å². The fourth-order valence-corrected chi connectivity index (χ4v) is 3.50. The van der Waals surface area contributed by atoms with Gasteiger partial charge in [0.2, 0.25) is 0 Å². The van der Waals surface area contributed by atoms with Crippen LogP contribution in [0.3, 0.4) is 0 Å². The number of aryl methyl sites for hydroxylation is 1. The number of amides is 1. The van der Waals surface area contributed by atoms with Crippen molar-refractivity contribution in [3.05, 3.63) is 71.4 Å². The number of carbonyl (C=O) groups excluding carboxylic acids is 1. The first kappa shape index (κ1) is 18.0. The van der Waals surface area contributed by atoms with Crippen molar-refractivity contribution in [2.45, 2.75) is 13.5 Å². The first-order valence-corrected chi connectivity index (χ1v) is 9.08. The summed E-state index contributed by atoms with van der Waals surface area (Å²) < 4.78 is 0. The highest BCUT2D eigenvalue weighted by molar-refractivity contribution is 6.13. The molecule has 0 saturated heterocycles. The molecule has 1 aliphatic rings. The quantitative estimate of drug-likeness (QED) is 0.726. The second-order valence-electron chi connectivity index (χ2n) is 6.93. The average molecular weight is 374 g/mol. The summed E-state index contributed by atoms with van der Waals surface area (Å²) in [4.78, 5) is 21.0. The largest absolute Gasteiger partial charge is 0.392 e. The topological polar surface area (TPSA) is 68.7 Å². The number of benzene rings is 2. The fourth-order valence-electron chi connectivity index (χ4n) is 3.50. The van der Waals surface area contributed by atoms with Crippen LogP contribution >= 0.6 is 0 Å². The van der Waals surface area contributed by atoms with Gasteiger partial charge < -0.3 is 20.2 Å². The van der Waals surface area contributed by atoms with Crippen LogP contribution in [-0.2, 0) is 6.61 Å². The maximum absolute atomic E-state index is 12.9. The van der Waals surface area contributed by atoms with Crippen LogP contribution in [0.1, 0.15) is 21.5 Å². The molecule has 0 atom stereocenters. The zero-order chi connectivity index (χ0) is 19.8. The summed E-state index contributed by atoms with van der Waals surface area (Å²) >= 11 is 0. The van der Waals surface area contributed by atoms with Gasteiger partial charge in [-0.25, -0.2) is 4.98 Å². The van der Waals surface area contributed by atoms with Crippen LogP contribution in [0.5, 0.6) is 0 Å². The zero-order valence-corrected chi connectivity index (χ0v) is 16.1. The standard InChI is InChI=1S/C22H22N4O2/c1-14-10-15(13-27)8-9-17(14)24-21-11-19-20(12-23-21)26(3)22(28)16-6-4-5-7-18(16)25(19)2/h4-12,27H,13H2,1-3H3,(H,23,24). The van der Waals surface area contributed by atoms with E-state index in [0.717, 1.165) is 33.9 Å². The number of fused-ring (bicyclic) bond motifs is 2. The molecule has 3 aromatic rings. The molecule has 142 valence electrons. The van der Waals surface area contributed by atoms with Gasteiger partial charge in [-0.15, -0.1) is 0 Å². The van der Waals surface area contributed by atoms with Crippen LogP contribution < -0.4 is 15.1 Å². The second kappa shape index (κ2) is 6.98. The number of carbonyl (C=O) groups is 1. The molecule has 4 rings (SSSR count). The van der Waals surface area contributed by atoms with Crippen LogP contribution in [0, 0.1) is 6.92 Å². The summed E-state index contributed by atoms with van der Waals surface area (Å²) in [5.74, 6) is 0.629. The lowest BCUT2D eigenvalue weighted by Gasteiger charge is -2.23. The van der Waals surface area contributed by atoms with Gasteiger partial charge >= 0.3 is 0 Å². The van der Waals surface area contributed by atoms with E-state index in [4.69, 9.17) is 0 Å².